The zero-order valence-corrected chi connectivity index (χ0v) is 18.3. The van der Waals surface area contributed by atoms with Gasteiger partial charge in [-0.15, -0.1) is 11.3 Å². The molecule has 6 nitrogen and oxygen atoms in total. The highest BCUT2D eigenvalue weighted by molar-refractivity contribution is 7.13. The van der Waals surface area contributed by atoms with Crippen LogP contribution in [0.1, 0.15) is 17.0 Å². The van der Waals surface area contributed by atoms with Crippen LogP contribution in [0.2, 0.25) is 0 Å². The van der Waals surface area contributed by atoms with Crippen molar-refractivity contribution < 1.29 is 19.0 Å². The molecule has 4 aromatic rings. The van der Waals surface area contributed by atoms with Gasteiger partial charge < -0.3 is 19.0 Å². The van der Waals surface area contributed by atoms with E-state index in [1.165, 1.54) is 0 Å². The molecule has 0 aliphatic heterocycles. The van der Waals surface area contributed by atoms with E-state index in [1.807, 2.05) is 53.9 Å². The number of phenolic OH excluding ortho intramolecular Hbond substituents is 1. The summed E-state index contributed by atoms with van der Waals surface area (Å²) >= 11 is 1.56. The molecule has 0 bridgehead atoms. The van der Waals surface area contributed by atoms with Crippen LogP contribution in [0.15, 0.2) is 70.7 Å². The van der Waals surface area contributed by atoms with Crippen LogP contribution < -0.4 is 9.47 Å². The van der Waals surface area contributed by atoms with Crippen LogP contribution in [-0.4, -0.2) is 29.2 Å². The van der Waals surface area contributed by atoms with E-state index in [2.05, 4.69) is 4.90 Å². The van der Waals surface area contributed by atoms with Gasteiger partial charge in [0.15, 0.2) is 11.5 Å². The topological polar surface area (TPSA) is 68.0 Å². The van der Waals surface area contributed by atoms with Crippen LogP contribution in [0.3, 0.4) is 0 Å². The van der Waals surface area contributed by atoms with Crippen molar-refractivity contribution in [3.8, 4) is 27.8 Å². The number of furan rings is 1. The summed E-state index contributed by atoms with van der Waals surface area (Å²) in [7, 11) is 3.26. The van der Waals surface area contributed by atoms with Crippen molar-refractivity contribution in [2.75, 3.05) is 14.2 Å². The van der Waals surface area contributed by atoms with Gasteiger partial charge in [-0.05, 0) is 30.3 Å². The number of methoxy groups -OCH3 is 2. The molecule has 0 unspecified atom stereocenters. The van der Waals surface area contributed by atoms with E-state index in [1.54, 1.807) is 37.9 Å². The molecule has 2 aromatic carbocycles. The van der Waals surface area contributed by atoms with E-state index in [0.717, 1.165) is 27.6 Å². The maximum atomic E-state index is 10.2. The fraction of sp³-hybridized carbons (Fsp3) is 0.208. The molecule has 160 valence electrons. The van der Waals surface area contributed by atoms with Crippen molar-refractivity contribution in [3.05, 3.63) is 83.3 Å². The van der Waals surface area contributed by atoms with E-state index >= 15 is 0 Å². The summed E-state index contributed by atoms with van der Waals surface area (Å²) in [4.78, 5) is 7.04. The zero-order chi connectivity index (χ0) is 21.6. The fourth-order valence-electron chi connectivity index (χ4n) is 3.46. The summed E-state index contributed by atoms with van der Waals surface area (Å²) in [6.07, 6.45) is 1.67. The van der Waals surface area contributed by atoms with Crippen molar-refractivity contribution >= 4 is 11.3 Å². The first kappa shape index (κ1) is 21.0. The summed E-state index contributed by atoms with van der Waals surface area (Å²) in [6, 6.07) is 17.0. The fourth-order valence-corrected chi connectivity index (χ4v) is 4.30. The second kappa shape index (κ2) is 9.68. The molecular weight excluding hydrogens is 412 g/mol. The number of phenols is 1. The van der Waals surface area contributed by atoms with Crippen LogP contribution in [0.4, 0.5) is 0 Å². The van der Waals surface area contributed by atoms with Crippen molar-refractivity contribution in [1.29, 1.82) is 0 Å². The first-order chi connectivity index (χ1) is 15.2. The molecule has 0 amide bonds. The Morgan fingerprint density at radius 1 is 0.968 bits per heavy atom. The zero-order valence-electron chi connectivity index (χ0n) is 17.4. The SMILES string of the molecule is COc1cccc(-c2nc(CN(Cc3ccco3)Cc3ccccc3O)cs2)c1OC. The number of hydrogen-bond acceptors (Lipinski definition) is 7. The number of aromatic nitrogens is 1. The van der Waals surface area contributed by atoms with E-state index in [9.17, 15) is 5.11 Å². The van der Waals surface area contributed by atoms with Gasteiger partial charge in [-0.25, -0.2) is 4.98 Å². The van der Waals surface area contributed by atoms with Crippen molar-refractivity contribution in [3.63, 3.8) is 0 Å². The number of benzene rings is 2. The summed E-state index contributed by atoms with van der Waals surface area (Å²) in [6.45, 7) is 1.79. The minimum Gasteiger partial charge on any atom is -0.508 e. The number of hydrogen-bond donors (Lipinski definition) is 1. The molecule has 0 radical (unpaired) electrons. The van der Waals surface area contributed by atoms with Crippen LogP contribution >= 0.6 is 11.3 Å². The van der Waals surface area contributed by atoms with E-state index in [0.29, 0.717) is 31.1 Å². The Balaban J connectivity index is 1.58. The second-order valence-corrected chi connectivity index (χ2v) is 7.90. The van der Waals surface area contributed by atoms with Gasteiger partial charge in [-0.1, -0.05) is 24.3 Å². The minimum atomic E-state index is 0.284. The molecule has 0 spiro atoms. The quantitative estimate of drug-likeness (QED) is 0.383. The third-order valence-electron chi connectivity index (χ3n) is 4.92. The van der Waals surface area contributed by atoms with Crippen LogP contribution in [0, 0.1) is 0 Å². The molecule has 4 rings (SSSR count). The molecule has 0 saturated heterocycles. The summed E-state index contributed by atoms with van der Waals surface area (Å²) < 4.78 is 16.5. The number of para-hydroxylation sites is 2. The molecular formula is C24H24N2O4S. The second-order valence-electron chi connectivity index (χ2n) is 7.04. The average molecular weight is 437 g/mol. The van der Waals surface area contributed by atoms with E-state index in [4.69, 9.17) is 18.9 Å². The van der Waals surface area contributed by atoms with Crippen molar-refractivity contribution in [2.24, 2.45) is 0 Å². The predicted octanol–water partition coefficient (Wildman–Crippen LogP) is 5.33. The number of ether oxygens (including phenoxy) is 2. The lowest BCUT2D eigenvalue weighted by Crippen LogP contribution is -2.22. The van der Waals surface area contributed by atoms with Gasteiger partial charge >= 0.3 is 0 Å². The van der Waals surface area contributed by atoms with E-state index < -0.39 is 0 Å². The van der Waals surface area contributed by atoms with Crippen molar-refractivity contribution in [2.45, 2.75) is 19.6 Å². The molecule has 7 heteroatoms. The molecule has 31 heavy (non-hydrogen) atoms. The smallest absolute Gasteiger partial charge is 0.170 e. The molecule has 2 aromatic heterocycles. The first-order valence-electron chi connectivity index (χ1n) is 9.85. The third kappa shape index (κ3) is 4.90. The Hall–Kier alpha value is -3.29. The van der Waals surface area contributed by atoms with Crippen LogP contribution in [0.5, 0.6) is 17.2 Å². The van der Waals surface area contributed by atoms with Gasteiger partial charge in [-0.2, -0.15) is 0 Å². The maximum absolute atomic E-state index is 10.2. The van der Waals surface area contributed by atoms with Gasteiger partial charge in [0.25, 0.3) is 0 Å². The lowest BCUT2D eigenvalue weighted by Gasteiger charge is -2.21. The molecule has 0 atom stereocenters. The van der Waals surface area contributed by atoms with Gasteiger partial charge in [0.1, 0.15) is 16.5 Å². The molecule has 0 aliphatic carbocycles. The molecule has 1 N–H and O–H groups in total. The van der Waals surface area contributed by atoms with Crippen LogP contribution in [-0.2, 0) is 19.6 Å². The molecule has 0 aliphatic rings. The average Bonchev–Trinajstić information content (AvgIpc) is 3.47. The van der Waals surface area contributed by atoms with Gasteiger partial charge in [0, 0.05) is 24.0 Å². The largest absolute Gasteiger partial charge is 0.508 e. The van der Waals surface area contributed by atoms with E-state index in [-0.39, 0.29) is 5.75 Å². The van der Waals surface area contributed by atoms with Gasteiger partial charge in [0.2, 0.25) is 0 Å². The maximum Gasteiger partial charge on any atom is 0.170 e. The molecule has 0 saturated carbocycles. The number of thiazole rings is 1. The summed E-state index contributed by atoms with van der Waals surface area (Å²) in [5, 5.41) is 13.1. The van der Waals surface area contributed by atoms with Gasteiger partial charge in [0.05, 0.1) is 38.3 Å². The number of nitrogens with zero attached hydrogens (tertiary/aromatic N) is 2. The third-order valence-corrected chi connectivity index (χ3v) is 5.84. The normalized spacial score (nSPS) is 11.1. The van der Waals surface area contributed by atoms with Crippen LogP contribution in [0.25, 0.3) is 10.6 Å². The highest BCUT2D eigenvalue weighted by Crippen LogP contribution is 2.39. The monoisotopic (exact) mass is 436 g/mol. The summed E-state index contributed by atoms with van der Waals surface area (Å²) in [5.74, 6) is 2.50. The lowest BCUT2D eigenvalue weighted by atomic mass is 10.2. The number of rotatable bonds is 9. The minimum absolute atomic E-state index is 0.284. The molecule has 2 heterocycles. The standard InChI is InChI=1S/C24H24N2O4S/c1-28-22-11-5-9-20(23(22)29-2)24-25-18(16-31-24)14-26(15-19-8-6-12-30-19)13-17-7-3-4-10-21(17)27/h3-12,16,27H,13-15H2,1-2H3. The highest BCUT2D eigenvalue weighted by atomic mass is 32.1. The Labute approximate surface area is 185 Å². The Morgan fingerprint density at radius 2 is 1.84 bits per heavy atom. The summed E-state index contributed by atoms with van der Waals surface area (Å²) in [5.41, 5.74) is 2.70. The Kier molecular flexibility index (Phi) is 6.54. The predicted molar refractivity (Wildman–Crippen MR) is 120 cm³/mol. The highest BCUT2D eigenvalue weighted by Gasteiger charge is 2.17. The number of aromatic hydroxyl groups is 1. The van der Waals surface area contributed by atoms with Crippen molar-refractivity contribution in [1.82, 2.24) is 9.88 Å². The first-order valence-corrected chi connectivity index (χ1v) is 10.7. The Bertz CT molecular complexity index is 1120. The lowest BCUT2D eigenvalue weighted by molar-refractivity contribution is 0.222. The molecule has 0 fully saturated rings. The Morgan fingerprint density at radius 3 is 2.58 bits per heavy atom. The van der Waals surface area contributed by atoms with Gasteiger partial charge in [-0.3, -0.25) is 4.90 Å².